The zero-order chi connectivity index (χ0) is 18.2. The van der Waals surface area contributed by atoms with Crippen molar-refractivity contribution in [2.45, 2.75) is 64.0 Å². The molecule has 3 rings (SSSR count). The van der Waals surface area contributed by atoms with E-state index in [0.29, 0.717) is 6.04 Å². The topological polar surface area (TPSA) is 53.6 Å². The van der Waals surface area contributed by atoms with Crippen LogP contribution < -0.4 is 15.5 Å². The molecule has 1 aromatic carbocycles. The summed E-state index contributed by atoms with van der Waals surface area (Å²) in [5.41, 5.74) is 2.05. The van der Waals surface area contributed by atoms with Gasteiger partial charge in [-0.05, 0) is 44.0 Å². The van der Waals surface area contributed by atoms with E-state index in [1.807, 2.05) is 19.1 Å². The summed E-state index contributed by atoms with van der Waals surface area (Å²) in [5.74, 6) is 0.0474. The van der Waals surface area contributed by atoms with Crippen LogP contribution in [0.2, 0.25) is 0 Å². The minimum Gasteiger partial charge on any atom is -0.378 e. The van der Waals surface area contributed by atoms with Crippen molar-refractivity contribution < 1.29 is 9.53 Å². The second-order valence-electron chi connectivity index (χ2n) is 7.57. The molecule has 1 aliphatic carbocycles. The van der Waals surface area contributed by atoms with Gasteiger partial charge in [-0.15, -0.1) is 0 Å². The van der Waals surface area contributed by atoms with Crippen molar-refractivity contribution in [2.24, 2.45) is 0 Å². The Morgan fingerprint density at radius 1 is 1.04 bits per heavy atom. The van der Waals surface area contributed by atoms with Crippen LogP contribution in [-0.4, -0.2) is 44.3 Å². The fraction of sp³-hybridized carbons (Fsp3) is 0.667. The SMILES string of the molecule is C[C@H](NC1CCCCCCC1)C(=O)Nc1ccc(N2CCOCC2)cc1. The number of carbonyl (C=O) groups is 1. The van der Waals surface area contributed by atoms with Gasteiger partial charge < -0.3 is 20.3 Å². The average Bonchev–Trinajstić information content (AvgIpc) is 2.65. The van der Waals surface area contributed by atoms with Crippen molar-refractivity contribution in [3.8, 4) is 0 Å². The molecule has 2 aliphatic rings. The van der Waals surface area contributed by atoms with E-state index in [1.54, 1.807) is 0 Å². The summed E-state index contributed by atoms with van der Waals surface area (Å²) < 4.78 is 5.40. The largest absolute Gasteiger partial charge is 0.378 e. The minimum absolute atomic E-state index is 0.0474. The Kier molecular flexibility index (Phi) is 7.32. The Bertz CT molecular complexity index is 547. The number of carbonyl (C=O) groups excluding carboxylic acids is 1. The predicted octanol–water partition coefficient (Wildman–Crippen LogP) is 3.55. The molecule has 5 heteroatoms. The molecule has 1 amide bonds. The smallest absolute Gasteiger partial charge is 0.241 e. The van der Waals surface area contributed by atoms with E-state index in [2.05, 4.69) is 27.7 Å². The molecule has 0 radical (unpaired) electrons. The quantitative estimate of drug-likeness (QED) is 0.844. The minimum atomic E-state index is -0.168. The standard InChI is InChI=1S/C21H33N3O2/c1-17(22-18-7-5-3-2-4-6-8-18)21(25)23-19-9-11-20(12-10-19)24-13-15-26-16-14-24/h9-12,17-18,22H,2-8,13-16H2,1H3,(H,23,25)/t17-/m0/s1. The molecule has 1 saturated heterocycles. The van der Waals surface area contributed by atoms with Crippen LogP contribution in [0.1, 0.15) is 51.9 Å². The Morgan fingerprint density at radius 2 is 1.65 bits per heavy atom. The maximum atomic E-state index is 12.5. The first kappa shape index (κ1) is 19.2. The molecule has 2 fully saturated rings. The van der Waals surface area contributed by atoms with Crippen LogP contribution in [0.3, 0.4) is 0 Å². The van der Waals surface area contributed by atoms with Gasteiger partial charge >= 0.3 is 0 Å². The number of hydrogen-bond acceptors (Lipinski definition) is 4. The van der Waals surface area contributed by atoms with Gasteiger partial charge in [0.05, 0.1) is 19.3 Å². The molecule has 1 saturated carbocycles. The van der Waals surface area contributed by atoms with E-state index in [1.165, 1.54) is 50.6 Å². The molecule has 1 aliphatic heterocycles. The molecule has 1 aromatic rings. The highest BCUT2D eigenvalue weighted by Gasteiger charge is 2.19. The lowest BCUT2D eigenvalue weighted by molar-refractivity contribution is -0.118. The third kappa shape index (κ3) is 5.71. The molecule has 1 heterocycles. The third-order valence-electron chi connectivity index (χ3n) is 5.50. The average molecular weight is 360 g/mol. The number of anilines is 2. The molecular weight excluding hydrogens is 326 g/mol. The molecule has 0 unspecified atom stereocenters. The van der Waals surface area contributed by atoms with Crippen LogP contribution >= 0.6 is 0 Å². The van der Waals surface area contributed by atoms with E-state index in [9.17, 15) is 4.79 Å². The van der Waals surface area contributed by atoms with Gasteiger partial charge in [-0.2, -0.15) is 0 Å². The number of ether oxygens (including phenoxy) is 1. The van der Waals surface area contributed by atoms with Gasteiger partial charge in [-0.3, -0.25) is 4.79 Å². The van der Waals surface area contributed by atoms with E-state index in [4.69, 9.17) is 4.74 Å². The Labute approximate surface area is 157 Å². The van der Waals surface area contributed by atoms with Crippen LogP contribution in [0.15, 0.2) is 24.3 Å². The van der Waals surface area contributed by atoms with Gasteiger partial charge in [-0.1, -0.05) is 32.1 Å². The normalized spacial score (nSPS) is 20.9. The summed E-state index contributed by atoms with van der Waals surface area (Å²) >= 11 is 0. The first-order chi connectivity index (χ1) is 12.7. The molecule has 0 aromatic heterocycles. The van der Waals surface area contributed by atoms with Crippen LogP contribution in [0.4, 0.5) is 11.4 Å². The first-order valence-electron chi connectivity index (χ1n) is 10.2. The van der Waals surface area contributed by atoms with Gasteiger partial charge in [0, 0.05) is 30.5 Å². The Morgan fingerprint density at radius 3 is 2.31 bits per heavy atom. The Balaban J connectivity index is 1.48. The highest BCUT2D eigenvalue weighted by Crippen LogP contribution is 2.20. The van der Waals surface area contributed by atoms with Crippen molar-refractivity contribution in [3.63, 3.8) is 0 Å². The van der Waals surface area contributed by atoms with Gasteiger partial charge in [-0.25, -0.2) is 0 Å². The van der Waals surface area contributed by atoms with Crippen molar-refractivity contribution >= 4 is 17.3 Å². The summed E-state index contributed by atoms with van der Waals surface area (Å²) in [6.45, 7) is 5.38. The van der Waals surface area contributed by atoms with Crippen molar-refractivity contribution in [1.82, 2.24) is 5.32 Å². The van der Waals surface area contributed by atoms with Gasteiger partial charge in [0.15, 0.2) is 0 Å². The lowest BCUT2D eigenvalue weighted by atomic mass is 9.96. The summed E-state index contributed by atoms with van der Waals surface area (Å²) in [6.07, 6.45) is 8.94. The predicted molar refractivity (Wildman–Crippen MR) is 107 cm³/mol. The number of hydrogen-bond donors (Lipinski definition) is 2. The second-order valence-corrected chi connectivity index (χ2v) is 7.57. The van der Waals surface area contributed by atoms with E-state index in [-0.39, 0.29) is 11.9 Å². The van der Waals surface area contributed by atoms with Crippen molar-refractivity contribution in [3.05, 3.63) is 24.3 Å². The maximum Gasteiger partial charge on any atom is 0.241 e. The van der Waals surface area contributed by atoms with Gasteiger partial charge in [0.25, 0.3) is 0 Å². The van der Waals surface area contributed by atoms with Gasteiger partial charge in [0.1, 0.15) is 0 Å². The lowest BCUT2D eigenvalue weighted by Gasteiger charge is -2.29. The molecule has 0 bridgehead atoms. The zero-order valence-corrected chi connectivity index (χ0v) is 16.0. The second kappa shape index (κ2) is 9.93. The van der Waals surface area contributed by atoms with E-state index >= 15 is 0 Å². The molecule has 26 heavy (non-hydrogen) atoms. The maximum absolute atomic E-state index is 12.5. The lowest BCUT2D eigenvalue weighted by Crippen LogP contribution is -2.44. The van der Waals surface area contributed by atoms with E-state index < -0.39 is 0 Å². The van der Waals surface area contributed by atoms with Crippen LogP contribution in [0, 0.1) is 0 Å². The van der Waals surface area contributed by atoms with Crippen LogP contribution in [-0.2, 0) is 9.53 Å². The highest BCUT2D eigenvalue weighted by molar-refractivity contribution is 5.94. The molecule has 0 spiro atoms. The number of nitrogens with zero attached hydrogens (tertiary/aromatic N) is 1. The van der Waals surface area contributed by atoms with Crippen LogP contribution in [0.5, 0.6) is 0 Å². The molecule has 2 N–H and O–H groups in total. The summed E-state index contributed by atoms with van der Waals surface area (Å²) in [5, 5.41) is 6.58. The fourth-order valence-corrected chi connectivity index (χ4v) is 3.88. The van der Waals surface area contributed by atoms with Crippen LogP contribution in [0.25, 0.3) is 0 Å². The molecule has 1 atom stereocenters. The number of benzene rings is 1. The summed E-state index contributed by atoms with van der Waals surface area (Å²) in [6, 6.07) is 8.44. The number of rotatable bonds is 5. The molecule has 144 valence electrons. The Hall–Kier alpha value is -1.59. The fourth-order valence-electron chi connectivity index (χ4n) is 3.88. The summed E-state index contributed by atoms with van der Waals surface area (Å²) in [7, 11) is 0. The first-order valence-corrected chi connectivity index (χ1v) is 10.2. The number of morpholine rings is 1. The molecular formula is C21H33N3O2. The summed E-state index contributed by atoms with van der Waals surface area (Å²) in [4.78, 5) is 14.8. The number of nitrogens with one attached hydrogen (secondary N) is 2. The van der Waals surface area contributed by atoms with E-state index in [0.717, 1.165) is 32.0 Å². The zero-order valence-electron chi connectivity index (χ0n) is 16.0. The molecule has 5 nitrogen and oxygen atoms in total. The third-order valence-corrected chi connectivity index (χ3v) is 5.50. The van der Waals surface area contributed by atoms with Crippen molar-refractivity contribution in [1.29, 1.82) is 0 Å². The highest BCUT2D eigenvalue weighted by atomic mass is 16.5. The monoisotopic (exact) mass is 359 g/mol. The number of amides is 1. The van der Waals surface area contributed by atoms with Crippen molar-refractivity contribution in [2.75, 3.05) is 36.5 Å². The van der Waals surface area contributed by atoms with Gasteiger partial charge in [0.2, 0.25) is 5.91 Å².